The van der Waals surface area contributed by atoms with Crippen LogP contribution in [0.15, 0.2) is 6.07 Å². The van der Waals surface area contributed by atoms with Crippen molar-refractivity contribution >= 4 is 45.8 Å². The van der Waals surface area contributed by atoms with Gasteiger partial charge in [-0.25, -0.2) is 14.3 Å². The number of esters is 1. The van der Waals surface area contributed by atoms with Crippen LogP contribution < -0.4 is 0 Å². The van der Waals surface area contributed by atoms with E-state index in [2.05, 4.69) is 32.7 Å². The zero-order chi connectivity index (χ0) is 12.6. The van der Waals surface area contributed by atoms with Gasteiger partial charge in [0.25, 0.3) is 0 Å². The van der Waals surface area contributed by atoms with Crippen LogP contribution in [-0.2, 0) is 4.74 Å². The fraction of sp³-hybridized carbons (Fsp3) is 0.300. The molecule has 0 amide bonds. The molecule has 0 aliphatic rings. The molecule has 0 unspecified atom stereocenters. The van der Waals surface area contributed by atoms with Gasteiger partial charge in [0.1, 0.15) is 5.15 Å². The minimum Gasteiger partial charge on any atom is -0.461 e. The van der Waals surface area contributed by atoms with Crippen molar-refractivity contribution in [2.24, 2.45) is 0 Å². The molecule has 0 aromatic carbocycles. The Morgan fingerprint density at radius 1 is 1.65 bits per heavy atom. The second kappa shape index (κ2) is 4.77. The third-order valence-corrected chi connectivity index (χ3v) is 3.67. The number of rotatable bonds is 2. The molecule has 5 nitrogen and oxygen atoms in total. The Hall–Kier alpha value is -0.890. The Bertz CT molecular complexity index is 597. The van der Waals surface area contributed by atoms with Gasteiger partial charge >= 0.3 is 5.97 Å². The fourth-order valence-electron chi connectivity index (χ4n) is 1.37. The molecule has 0 saturated heterocycles. The highest BCUT2D eigenvalue weighted by Crippen LogP contribution is 2.20. The number of aryl methyl sites for hydroxylation is 1. The Morgan fingerprint density at radius 2 is 2.35 bits per heavy atom. The fourth-order valence-corrected chi connectivity index (χ4v) is 2.05. The summed E-state index contributed by atoms with van der Waals surface area (Å²) in [4.78, 5) is 15.8. The standard InChI is InChI=1S/C10H9ClIN3O2/c1-3-17-10(16)6-4-7(11)15-9(13-6)8(12)5(2)14-15/h4H,3H2,1-2H3. The summed E-state index contributed by atoms with van der Waals surface area (Å²) in [5.74, 6) is -0.480. The van der Waals surface area contributed by atoms with Crippen LogP contribution in [0.2, 0.25) is 5.15 Å². The molecule has 2 aromatic rings. The summed E-state index contributed by atoms with van der Waals surface area (Å²) < 4.78 is 7.26. The molecular formula is C10H9ClIN3O2. The van der Waals surface area contributed by atoms with Crippen molar-refractivity contribution in [1.29, 1.82) is 0 Å². The van der Waals surface area contributed by atoms with Crippen LogP contribution in [0.4, 0.5) is 0 Å². The van der Waals surface area contributed by atoms with Crippen molar-refractivity contribution in [3.63, 3.8) is 0 Å². The molecule has 2 rings (SSSR count). The molecule has 90 valence electrons. The third kappa shape index (κ3) is 2.23. The van der Waals surface area contributed by atoms with Crippen molar-refractivity contribution < 1.29 is 9.53 Å². The number of halogens is 2. The van der Waals surface area contributed by atoms with Gasteiger partial charge in [0, 0.05) is 6.07 Å². The number of nitrogens with zero attached hydrogens (tertiary/aromatic N) is 3. The Kier molecular flexibility index (Phi) is 3.53. The highest BCUT2D eigenvalue weighted by atomic mass is 127. The second-order valence-corrected chi connectivity index (χ2v) is 4.79. The molecule has 0 bridgehead atoms. The van der Waals surface area contributed by atoms with E-state index in [4.69, 9.17) is 16.3 Å². The largest absolute Gasteiger partial charge is 0.461 e. The zero-order valence-electron chi connectivity index (χ0n) is 9.20. The summed E-state index contributed by atoms with van der Waals surface area (Å²) in [6.07, 6.45) is 0. The first-order valence-corrected chi connectivity index (χ1v) is 6.38. The molecule has 7 heteroatoms. The lowest BCUT2D eigenvalue weighted by molar-refractivity contribution is 0.0519. The second-order valence-electron chi connectivity index (χ2n) is 3.32. The summed E-state index contributed by atoms with van der Waals surface area (Å²) in [5.41, 5.74) is 1.59. The molecule has 0 fully saturated rings. The van der Waals surface area contributed by atoms with Crippen LogP contribution in [0.25, 0.3) is 5.65 Å². The van der Waals surface area contributed by atoms with Gasteiger partial charge < -0.3 is 4.74 Å². The van der Waals surface area contributed by atoms with E-state index >= 15 is 0 Å². The quantitative estimate of drug-likeness (QED) is 0.466. The average Bonchev–Trinajstić information content (AvgIpc) is 2.57. The number of fused-ring (bicyclic) bond motifs is 1. The summed E-state index contributed by atoms with van der Waals surface area (Å²) in [6.45, 7) is 3.90. The van der Waals surface area contributed by atoms with E-state index in [0.29, 0.717) is 17.4 Å². The molecule has 0 radical (unpaired) electrons. The lowest BCUT2D eigenvalue weighted by Gasteiger charge is -2.03. The average molecular weight is 366 g/mol. The van der Waals surface area contributed by atoms with Gasteiger partial charge in [-0.05, 0) is 36.4 Å². The highest BCUT2D eigenvalue weighted by molar-refractivity contribution is 14.1. The van der Waals surface area contributed by atoms with Gasteiger partial charge in [0.15, 0.2) is 11.3 Å². The maximum Gasteiger partial charge on any atom is 0.357 e. The van der Waals surface area contributed by atoms with Gasteiger partial charge in [0.2, 0.25) is 0 Å². The third-order valence-electron chi connectivity index (χ3n) is 2.13. The number of hydrogen-bond donors (Lipinski definition) is 0. The highest BCUT2D eigenvalue weighted by Gasteiger charge is 2.16. The molecule has 17 heavy (non-hydrogen) atoms. The van der Waals surface area contributed by atoms with Crippen LogP contribution in [0.3, 0.4) is 0 Å². The molecule has 0 aliphatic heterocycles. The molecule has 0 aliphatic carbocycles. The predicted molar refractivity (Wildman–Crippen MR) is 71.4 cm³/mol. The molecule has 0 spiro atoms. The monoisotopic (exact) mass is 365 g/mol. The van der Waals surface area contributed by atoms with Gasteiger partial charge in [-0.15, -0.1) is 0 Å². The summed E-state index contributed by atoms with van der Waals surface area (Å²) >= 11 is 8.16. The molecule has 2 aromatic heterocycles. The zero-order valence-corrected chi connectivity index (χ0v) is 12.1. The van der Waals surface area contributed by atoms with Crippen molar-refractivity contribution in [1.82, 2.24) is 14.6 Å². The molecule has 0 saturated carbocycles. The van der Waals surface area contributed by atoms with E-state index in [1.54, 1.807) is 6.92 Å². The SMILES string of the molecule is CCOC(=O)c1cc(Cl)n2nc(C)c(I)c2n1. The maximum absolute atomic E-state index is 11.6. The molecule has 0 atom stereocenters. The molecule has 2 heterocycles. The van der Waals surface area contributed by atoms with Crippen LogP contribution in [0.5, 0.6) is 0 Å². The topological polar surface area (TPSA) is 56.5 Å². The van der Waals surface area contributed by atoms with Gasteiger partial charge in [-0.3, -0.25) is 0 Å². The Balaban J connectivity index is 2.61. The van der Waals surface area contributed by atoms with Gasteiger partial charge in [0.05, 0.1) is 15.9 Å². The summed E-state index contributed by atoms with van der Waals surface area (Å²) in [6, 6.07) is 1.45. The first-order valence-electron chi connectivity index (χ1n) is 4.93. The number of ether oxygens (including phenoxy) is 1. The predicted octanol–water partition coefficient (Wildman–Crippen LogP) is 2.47. The van der Waals surface area contributed by atoms with E-state index in [0.717, 1.165) is 9.26 Å². The van der Waals surface area contributed by atoms with Crippen LogP contribution in [-0.4, -0.2) is 27.2 Å². The smallest absolute Gasteiger partial charge is 0.357 e. The van der Waals surface area contributed by atoms with Crippen LogP contribution >= 0.6 is 34.2 Å². The van der Waals surface area contributed by atoms with Crippen molar-refractivity contribution in [3.8, 4) is 0 Å². The van der Waals surface area contributed by atoms with E-state index in [1.807, 2.05) is 6.92 Å². The number of hydrogen-bond acceptors (Lipinski definition) is 4. The first kappa shape index (κ1) is 12.6. The Labute approximate surface area is 116 Å². The first-order chi connectivity index (χ1) is 8.04. The number of carbonyl (C=O) groups excluding carboxylic acids is 1. The summed E-state index contributed by atoms with van der Waals surface area (Å²) in [5, 5.41) is 4.56. The lowest BCUT2D eigenvalue weighted by atomic mass is 10.4. The molecular weight excluding hydrogens is 356 g/mol. The number of carbonyl (C=O) groups is 1. The van der Waals surface area contributed by atoms with E-state index < -0.39 is 5.97 Å². The van der Waals surface area contributed by atoms with Crippen LogP contribution in [0.1, 0.15) is 23.1 Å². The minimum atomic E-state index is -0.480. The molecule has 0 N–H and O–H groups in total. The Morgan fingerprint density at radius 3 is 3.00 bits per heavy atom. The van der Waals surface area contributed by atoms with Crippen molar-refractivity contribution in [3.05, 3.63) is 26.2 Å². The normalized spacial score (nSPS) is 10.8. The summed E-state index contributed by atoms with van der Waals surface area (Å²) in [7, 11) is 0. The minimum absolute atomic E-state index is 0.196. The van der Waals surface area contributed by atoms with E-state index in [1.165, 1.54) is 10.6 Å². The van der Waals surface area contributed by atoms with Crippen LogP contribution in [0, 0.1) is 10.5 Å². The van der Waals surface area contributed by atoms with Crippen molar-refractivity contribution in [2.45, 2.75) is 13.8 Å². The van der Waals surface area contributed by atoms with Gasteiger partial charge in [-0.2, -0.15) is 5.10 Å². The van der Waals surface area contributed by atoms with E-state index in [9.17, 15) is 4.79 Å². The number of aromatic nitrogens is 3. The van der Waals surface area contributed by atoms with E-state index in [-0.39, 0.29) is 5.69 Å². The maximum atomic E-state index is 11.6. The lowest BCUT2D eigenvalue weighted by Crippen LogP contribution is -2.09. The van der Waals surface area contributed by atoms with Crippen molar-refractivity contribution in [2.75, 3.05) is 6.61 Å². The van der Waals surface area contributed by atoms with Gasteiger partial charge in [-0.1, -0.05) is 11.6 Å².